The molecule has 1 fully saturated rings. The quantitative estimate of drug-likeness (QED) is 0.431. The summed E-state index contributed by atoms with van der Waals surface area (Å²) < 4.78 is 14.8. The molecule has 1 aliphatic heterocycles. The van der Waals surface area contributed by atoms with Gasteiger partial charge in [-0.05, 0) is 42.9 Å². The summed E-state index contributed by atoms with van der Waals surface area (Å²) in [5.41, 5.74) is 2.78. The van der Waals surface area contributed by atoms with E-state index in [4.69, 9.17) is 11.6 Å². The Kier molecular flexibility index (Phi) is 7.21. The zero-order valence-corrected chi connectivity index (χ0v) is 18.9. The van der Waals surface area contributed by atoms with E-state index in [9.17, 15) is 9.18 Å². The molecule has 3 N–H and O–H groups in total. The summed E-state index contributed by atoms with van der Waals surface area (Å²) in [5, 5.41) is 9.18. The molecule has 0 saturated carbocycles. The number of rotatable bonds is 8. The highest BCUT2D eigenvalue weighted by Gasteiger charge is 2.17. The lowest BCUT2D eigenvalue weighted by Crippen LogP contribution is -2.44. The second-order valence-corrected chi connectivity index (χ2v) is 8.19. The number of hydrogen-bond acceptors (Lipinski definition) is 7. The van der Waals surface area contributed by atoms with Crippen molar-refractivity contribution in [3.8, 4) is 0 Å². The highest BCUT2D eigenvalue weighted by atomic mass is 35.5. The molecule has 0 bridgehead atoms. The van der Waals surface area contributed by atoms with Gasteiger partial charge in [-0.2, -0.15) is 4.98 Å². The van der Waals surface area contributed by atoms with Crippen LogP contribution in [-0.2, 0) is 11.3 Å². The van der Waals surface area contributed by atoms with Gasteiger partial charge in [-0.15, -0.1) is 0 Å². The first kappa shape index (κ1) is 22.8. The van der Waals surface area contributed by atoms with Crippen molar-refractivity contribution >= 4 is 46.8 Å². The van der Waals surface area contributed by atoms with E-state index >= 15 is 0 Å². The smallest absolute Gasteiger partial charge is 0.229 e. The molecule has 172 valence electrons. The number of halogens is 2. The van der Waals surface area contributed by atoms with Crippen molar-refractivity contribution in [3.05, 3.63) is 65.1 Å². The molecular weight excluding hydrogens is 445 g/mol. The van der Waals surface area contributed by atoms with Crippen LogP contribution >= 0.6 is 11.6 Å². The molecule has 0 aliphatic carbocycles. The molecule has 1 saturated heterocycles. The maximum Gasteiger partial charge on any atom is 0.229 e. The average Bonchev–Trinajstić information content (AvgIpc) is 2.81. The number of benzene rings is 2. The summed E-state index contributed by atoms with van der Waals surface area (Å²) in [5.74, 6) is 0.447. The Hall–Kier alpha value is -3.43. The van der Waals surface area contributed by atoms with E-state index in [2.05, 4.69) is 42.8 Å². The second-order valence-electron chi connectivity index (χ2n) is 7.79. The molecule has 2 heterocycles. The molecule has 0 radical (unpaired) electrons. The Morgan fingerprint density at radius 1 is 1.12 bits per heavy atom. The Morgan fingerprint density at radius 3 is 2.70 bits per heavy atom. The van der Waals surface area contributed by atoms with Crippen LogP contribution in [0.1, 0.15) is 5.56 Å². The lowest BCUT2D eigenvalue weighted by molar-refractivity contribution is -0.105. The van der Waals surface area contributed by atoms with Crippen LogP contribution in [0.5, 0.6) is 0 Å². The highest BCUT2D eigenvalue weighted by molar-refractivity contribution is 6.32. The van der Waals surface area contributed by atoms with Gasteiger partial charge in [0, 0.05) is 44.1 Å². The molecule has 10 heteroatoms. The zero-order valence-electron chi connectivity index (χ0n) is 18.2. The van der Waals surface area contributed by atoms with E-state index in [1.165, 1.54) is 12.3 Å². The van der Waals surface area contributed by atoms with Crippen molar-refractivity contribution in [2.24, 2.45) is 0 Å². The molecular formula is C23H25ClFN7O. The summed E-state index contributed by atoms with van der Waals surface area (Å²) in [4.78, 5) is 23.5. The van der Waals surface area contributed by atoms with Gasteiger partial charge in [0.25, 0.3) is 0 Å². The molecule has 8 nitrogen and oxygen atoms in total. The summed E-state index contributed by atoms with van der Waals surface area (Å²) in [7, 11) is 2.07. The normalized spacial score (nSPS) is 14.1. The summed E-state index contributed by atoms with van der Waals surface area (Å²) in [6.45, 7) is 3.85. The van der Waals surface area contributed by atoms with Crippen LogP contribution < -0.4 is 20.9 Å². The Bertz CT molecular complexity index is 1120. The van der Waals surface area contributed by atoms with Gasteiger partial charge < -0.3 is 25.8 Å². The molecule has 0 spiro atoms. The van der Waals surface area contributed by atoms with Gasteiger partial charge in [-0.25, -0.2) is 9.37 Å². The largest absolute Gasteiger partial charge is 0.367 e. The predicted molar refractivity (Wildman–Crippen MR) is 130 cm³/mol. The summed E-state index contributed by atoms with van der Waals surface area (Å²) >= 11 is 6.25. The van der Waals surface area contributed by atoms with Gasteiger partial charge in [0.05, 0.1) is 11.9 Å². The third-order valence-electron chi connectivity index (χ3n) is 5.40. The fourth-order valence-corrected chi connectivity index (χ4v) is 3.75. The highest BCUT2D eigenvalue weighted by Crippen LogP contribution is 2.26. The molecule has 0 atom stereocenters. The van der Waals surface area contributed by atoms with Crippen molar-refractivity contribution in [1.29, 1.82) is 0 Å². The number of likely N-dealkylation sites (N-methyl/N-ethyl adjacent to an activating group) is 1. The summed E-state index contributed by atoms with van der Waals surface area (Å²) in [6.07, 6.45) is 2.12. The van der Waals surface area contributed by atoms with Crippen LogP contribution in [0.3, 0.4) is 0 Å². The topological polar surface area (TPSA) is 85.4 Å². The van der Waals surface area contributed by atoms with Crippen LogP contribution in [0.15, 0.2) is 48.7 Å². The molecule has 4 rings (SSSR count). The standard InChI is InChI=1S/C23H25ClFN7O/c1-31-7-9-32(10-8-31)21-6-5-18(12-20(21)25)29-23-27-14-19(24)22(30-23)26-13-16-3-2-4-17(11-16)28-15-33/h2-6,11-12,14-15H,7-10,13H2,1H3,(H,28,33)(H2,26,27,29,30). The maximum absolute atomic E-state index is 14.8. The van der Waals surface area contributed by atoms with Crippen LogP contribution in [0.25, 0.3) is 0 Å². The summed E-state index contributed by atoms with van der Waals surface area (Å²) in [6, 6.07) is 12.4. The van der Waals surface area contributed by atoms with Crippen molar-refractivity contribution in [3.63, 3.8) is 0 Å². The Morgan fingerprint density at radius 2 is 1.94 bits per heavy atom. The lowest BCUT2D eigenvalue weighted by atomic mass is 10.2. The minimum absolute atomic E-state index is 0.291. The van der Waals surface area contributed by atoms with Crippen LogP contribution in [0.2, 0.25) is 5.02 Å². The second kappa shape index (κ2) is 10.5. The first-order valence-electron chi connectivity index (χ1n) is 10.6. The van der Waals surface area contributed by atoms with Gasteiger partial charge in [-0.3, -0.25) is 4.79 Å². The average molecular weight is 470 g/mol. The lowest BCUT2D eigenvalue weighted by Gasteiger charge is -2.34. The molecule has 2 aromatic carbocycles. The molecule has 1 amide bonds. The maximum atomic E-state index is 14.8. The number of amides is 1. The van der Waals surface area contributed by atoms with Crippen molar-refractivity contribution < 1.29 is 9.18 Å². The van der Waals surface area contributed by atoms with Gasteiger partial charge in [0.15, 0.2) is 5.82 Å². The fourth-order valence-electron chi connectivity index (χ4n) is 3.59. The van der Waals surface area contributed by atoms with Crippen molar-refractivity contribution in [1.82, 2.24) is 14.9 Å². The minimum Gasteiger partial charge on any atom is -0.367 e. The Labute approximate surface area is 196 Å². The van der Waals surface area contributed by atoms with Gasteiger partial charge in [0.2, 0.25) is 12.4 Å². The molecule has 33 heavy (non-hydrogen) atoms. The van der Waals surface area contributed by atoms with E-state index in [-0.39, 0.29) is 5.82 Å². The van der Waals surface area contributed by atoms with E-state index in [0.29, 0.717) is 46.8 Å². The van der Waals surface area contributed by atoms with Gasteiger partial charge >= 0.3 is 0 Å². The predicted octanol–water partition coefficient (Wildman–Crippen LogP) is 3.94. The van der Waals surface area contributed by atoms with Crippen molar-refractivity contribution in [2.75, 3.05) is 54.1 Å². The van der Waals surface area contributed by atoms with E-state index in [1.807, 2.05) is 24.3 Å². The molecule has 1 aliphatic rings. The van der Waals surface area contributed by atoms with Crippen LogP contribution in [0.4, 0.5) is 33.2 Å². The molecule has 0 unspecified atom stereocenters. The number of carbonyl (C=O) groups excluding carboxylic acids is 1. The van der Waals surface area contributed by atoms with E-state index in [0.717, 1.165) is 31.7 Å². The number of piperazine rings is 1. The van der Waals surface area contributed by atoms with Gasteiger partial charge in [-0.1, -0.05) is 23.7 Å². The number of nitrogens with one attached hydrogen (secondary N) is 3. The number of hydrogen-bond donors (Lipinski definition) is 3. The van der Waals surface area contributed by atoms with E-state index in [1.54, 1.807) is 12.1 Å². The SMILES string of the molecule is CN1CCN(c2ccc(Nc3ncc(Cl)c(NCc4cccc(NC=O)c4)n3)cc2F)CC1. The van der Waals surface area contributed by atoms with Gasteiger partial charge in [0.1, 0.15) is 10.8 Å². The first-order valence-corrected chi connectivity index (χ1v) is 11.0. The third-order valence-corrected chi connectivity index (χ3v) is 5.68. The Balaban J connectivity index is 1.43. The monoisotopic (exact) mass is 469 g/mol. The molecule has 1 aromatic heterocycles. The zero-order chi connectivity index (χ0) is 23.2. The van der Waals surface area contributed by atoms with Crippen molar-refractivity contribution in [2.45, 2.75) is 6.54 Å². The number of carbonyl (C=O) groups is 1. The van der Waals surface area contributed by atoms with Crippen LogP contribution in [0, 0.1) is 5.82 Å². The third kappa shape index (κ3) is 5.88. The first-order chi connectivity index (χ1) is 16.0. The fraction of sp³-hybridized carbons (Fsp3) is 0.261. The number of nitrogens with zero attached hydrogens (tertiary/aromatic N) is 4. The number of anilines is 5. The minimum atomic E-state index is -0.291. The van der Waals surface area contributed by atoms with Crippen LogP contribution in [-0.4, -0.2) is 54.5 Å². The van der Waals surface area contributed by atoms with E-state index < -0.39 is 0 Å². The number of aromatic nitrogens is 2. The molecule has 3 aromatic rings.